The molecular formula is C15H27N3O2. The molecule has 0 amide bonds. The van der Waals surface area contributed by atoms with Crippen molar-refractivity contribution in [1.82, 2.24) is 10.1 Å². The van der Waals surface area contributed by atoms with E-state index in [1.54, 1.807) is 0 Å². The van der Waals surface area contributed by atoms with Crippen LogP contribution in [0.4, 0.5) is 0 Å². The molecule has 1 aromatic rings. The Labute approximate surface area is 121 Å². The Morgan fingerprint density at radius 3 is 3.00 bits per heavy atom. The maximum Gasteiger partial charge on any atom is 0.229 e. The van der Waals surface area contributed by atoms with Gasteiger partial charge in [0.15, 0.2) is 0 Å². The number of hydrogen-bond donors (Lipinski definition) is 1. The predicted molar refractivity (Wildman–Crippen MR) is 77.3 cm³/mol. The van der Waals surface area contributed by atoms with Gasteiger partial charge in [0.05, 0.1) is 0 Å². The van der Waals surface area contributed by atoms with Crippen molar-refractivity contribution >= 4 is 0 Å². The average Bonchev–Trinajstić information content (AvgIpc) is 2.89. The van der Waals surface area contributed by atoms with Gasteiger partial charge in [-0.3, -0.25) is 0 Å². The second-order valence-electron chi connectivity index (χ2n) is 6.06. The van der Waals surface area contributed by atoms with Crippen molar-refractivity contribution in [3.63, 3.8) is 0 Å². The Bertz CT molecular complexity index is 417. The molecule has 1 fully saturated rings. The molecule has 5 nitrogen and oxygen atoms in total. The topological polar surface area (TPSA) is 74.2 Å². The van der Waals surface area contributed by atoms with E-state index >= 15 is 0 Å². The third kappa shape index (κ3) is 3.20. The monoisotopic (exact) mass is 281 g/mol. The number of nitrogens with zero attached hydrogens (tertiary/aromatic N) is 2. The van der Waals surface area contributed by atoms with Crippen molar-refractivity contribution < 1.29 is 9.26 Å². The van der Waals surface area contributed by atoms with Gasteiger partial charge in [0, 0.05) is 12.5 Å². The second kappa shape index (κ2) is 6.68. The van der Waals surface area contributed by atoms with E-state index in [0.29, 0.717) is 25.0 Å². The summed E-state index contributed by atoms with van der Waals surface area (Å²) in [6.45, 7) is 7.67. The van der Waals surface area contributed by atoms with Crippen LogP contribution in [0, 0.1) is 5.92 Å². The van der Waals surface area contributed by atoms with Crippen molar-refractivity contribution in [1.29, 1.82) is 0 Å². The fourth-order valence-electron chi connectivity index (χ4n) is 3.17. The quantitative estimate of drug-likeness (QED) is 0.867. The molecule has 2 rings (SSSR count). The molecule has 5 heteroatoms. The summed E-state index contributed by atoms with van der Waals surface area (Å²) in [5, 5.41) is 4.22. The third-order valence-electron chi connectivity index (χ3n) is 4.25. The van der Waals surface area contributed by atoms with Crippen LogP contribution in [0.1, 0.15) is 70.5 Å². The molecule has 0 bridgehead atoms. The van der Waals surface area contributed by atoms with Crippen LogP contribution in [0.2, 0.25) is 0 Å². The number of nitrogens with two attached hydrogens (primary N) is 1. The highest BCUT2D eigenvalue weighted by atomic mass is 16.5. The molecule has 3 atom stereocenters. The fraction of sp³-hybridized carbons (Fsp3) is 0.867. The van der Waals surface area contributed by atoms with Gasteiger partial charge in [-0.15, -0.1) is 0 Å². The van der Waals surface area contributed by atoms with Crippen LogP contribution in [0.5, 0.6) is 0 Å². The lowest BCUT2D eigenvalue weighted by Gasteiger charge is -2.37. The highest BCUT2D eigenvalue weighted by molar-refractivity contribution is 5.05. The number of aromatic nitrogens is 2. The first-order valence-corrected chi connectivity index (χ1v) is 7.79. The molecule has 1 saturated carbocycles. The van der Waals surface area contributed by atoms with Crippen molar-refractivity contribution in [3.8, 4) is 0 Å². The van der Waals surface area contributed by atoms with E-state index in [0.717, 1.165) is 31.5 Å². The summed E-state index contributed by atoms with van der Waals surface area (Å²) < 4.78 is 11.5. The molecule has 0 aromatic carbocycles. The lowest BCUT2D eigenvalue weighted by atomic mass is 9.78. The van der Waals surface area contributed by atoms with Crippen LogP contribution in [0.3, 0.4) is 0 Å². The van der Waals surface area contributed by atoms with Crippen LogP contribution in [-0.4, -0.2) is 23.3 Å². The summed E-state index contributed by atoms with van der Waals surface area (Å²) >= 11 is 0. The largest absolute Gasteiger partial charge is 0.367 e. The van der Waals surface area contributed by atoms with Gasteiger partial charge in [-0.05, 0) is 45.1 Å². The number of ether oxygens (including phenoxy) is 1. The summed E-state index contributed by atoms with van der Waals surface area (Å²) in [5.74, 6) is 2.26. The van der Waals surface area contributed by atoms with Gasteiger partial charge in [0.1, 0.15) is 5.60 Å². The Balaban J connectivity index is 2.21. The van der Waals surface area contributed by atoms with E-state index in [2.05, 4.69) is 24.0 Å². The van der Waals surface area contributed by atoms with Gasteiger partial charge < -0.3 is 15.0 Å². The lowest BCUT2D eigenvalue weighted by Crippen LogP contribution is -2.36. The third-order valence-corrected chi connectivity index (χ3v) is 4.25. The van der Waals surface area contributed by atoms with Gasteiger partial charge in [0.25, 0.3) is 0 Å². The normalized spacial score (nSPS) is 28.5. The zero-order chi connectivity index (χ0) is 14.6. The van der Waals surface area contributed by atoms with Gasteiger partial charge in [-0.2, -0.15) is 4.98 Å². The minimum absolute atomic E-state index is 0.209. The summed E-state index contributed by atoms with van der Waals surface area (Å²) in [7, 11) is 0. The summed E-state index contributed by atoms with van der Waals surface area (Å²) in [6, 6.07) is 0. The first-order valence-electron chi connectivity index (χ1n) is 7.79. The molecule has 1 aliphatic rings. The number of hydrogen-bond acceptors (Lipinski definition) is 5. The average molecular weight is 281 g/mol. The van der Waals surface area contributed by atoms with Crippen LogP contribution >= 0.6 is 0 Å². The molecular weight excluding hydrogens is 254 g/mol. The Hall–Kier alpha value is -0.940. The van der Waals surface area contributed by atoms with Gasteiger partial charge in [-0.1, -0.05) is 25.4 Å². The highest BCUT2D eigenvalue weighted by Gasteiger charge is 2.41. The van der Waals surface area contributed by atoms with Gasteiger partial charge >= 0.3 is 0 Å². The first kappa shape index (κ1) is 15.4. The Kier molecular flexibility index (Phi) is 5.16. The number of rotatable bonds is 6. The van der Waals surface area contributed by atoms with E-state index in [-0.39, 0.29) is 11.5 Å². The first-order chi connectivity index (χ1) is 9.61. The van der Waals surface area contributed by atoms with Crippen molar-refractivity contribution in [2.75, 3.05) is 13.2 Å². The van der Waals surface area contributed by atoms with Crippen LogP contribution in [0.25, 0.3) is 0 Å². The zero-order valence-electron chi connectivity index (χ0n) is 12.9. The molecule has 1 aliphatic carbocycles. The van der Waals surface area contributed by atoms with Crippen molar-refractivity contribution in [2.45, 2.75) is 64.4 Å². The summed E-state index contributed by atoms with van der Waals surface area (Å²) in [4.78, 5) is 4.62. The molecule has 0 spiro atoms. The smallest absolute Gasteiger partial charge is 0.229 e. The summed E-state index contributed by atoms with van der Waals surface area (Å²) in [5.41, 5.74) is 5.24. The van der Waals surface area contributed by atoms with Crippen molar-refractivity contribution in [2.24, 2.45) is 11.7 Å². The maximum atomic E-state index is 6.07. The maximum absolute atomic E-state index is 6.07. The molecule has 1 heterocycles. The predicted octanol–water partition coefficient (Wildman–Crippen LogP) is 2.96. The molecule has 0 aliphatic heterocycles. The molecule has 0 radical (unpaired) electrons. The van der Waals surface area contributed by atoms with E-state index in [1.807, 2.05) is 6.92 Å². The minimum atomic E-state index is -0.351. The Morgan fingerprint density at radius 1 is 1.55 bits per heavy atom. The molecule has 20 heavy (non-hydrogen) atoms. The summed E-state index contributed by atoms with van der Waals surface area (Å²) in [6.07, 6.45) is 5.23. The Morgan fingerprint density at radius 2 is 2.35 bits per heavy atom. The SMILES string of the molecule is CCOC1(c2noc(C(C)CCN)n2)CCCC(C)C1. The van der Waals surface area contributed by atoms with Crippen molar-refractivity contribution in [3.05, 3.63) is 11.7 Å². The second-order valence-corrected chi connectivity index (χ2v) is 6.06. The minimum Gasteiger partial charge on any atom is -0.367 e. The van der Waals surface area contributed by atoms with E-state index in [1.165, 1.54) is 6.42 Å². The molecule has 3 unspecified atom stereocenters. The molecule has 2 N–H and O–H groups in total. The standard InChI is InChI=1S/C15H27N3O2/c1-4-19-15(8-5-6-11(2)10-15)14-17-13(20-18-14)12(3)7-9-16/h11-12H,4-10,16H2,1-3H3. The zero-order valence-corrected chi connectivity index (χ0v) is 12.9. The van der Waals surface area contributed by atoms with E-state index in [4.69, 9.17) is 15.0 Å². The fourth-order valence-corrected chi connectivity index (χ4v) is 3.17. The lowest BCUT2D eigenvalue weighted by molar-refractivity contribution is -0.0891. The van der Waals surface area contributed by atoms with Crippen LogP contribution < -0.4 is 5.73 Å². The van der Waals surface area contributed by atoms with Gasteiger partial charge in [-0.25, -0.2) is 0 Å². The molecule has 0 saturated heterocycles. The molecule has 114 valence electrons. The van der Waals surface area contributed by atoms with E-state index < -0.39 is 0 Å². The van der Waals surface area contributed by atoms with Gasteiger partial charge in [0.2, 0.25) is 11.7 Å². The molecule has 1 aromatic heterocycles. The van der Waals surface area contributed by atoms with E-state index in [9.17, 15) is 0 Å². The van der Waals surface area contributed by atoms with Crippen LogP contribution in [-0.2, 0) is 10.3 Å². The van der Waals surface area contributed by atoms with Crippen LogP contribution in [0.15, 0.2) is 4.52 Å². The highest BCUT2D eigenvalue weighted by Crippen LogP contribution is 2.42.